The Hall–Kier alpha value is -3.65. The summed E-state index contributed by atoms with van der Waals surface area (Å²) in [7, 11) is 2.03. The average Bonchev–Trinajstić information content (AvgIpc) is 3.48. The zero-order valence-electron chi connectivity index (χ0n) is 18.3. The van der Waals surface area contributed by atoms with E-state index in [1.54, 1.807) is 31.8 Å². The number of benzene rings is 1. The number of rotatable bonds is 5. The number of pyridine rings is 1. The van der Waals surface area contributed by atoms with Crippen molar-refractivity contribution in [2.45, 2.75) is 33.1 Å². The van der Waals surface area contributed by atoms with Gasteiger partial charge in [-0.2, -0.15) is 0 Å². The highest BCUT2D eigenvalue weighted by Gasteiger charge is 2.35. The van der Waals surface area contributed by atoms with Crippen molar-refractivity contribution in [3.8, 4) is 16.9 Å². The number of carbonyl (C=O) groups excluding carboxylic acids is 1. The van der Waals surface area contributed by atoms with E-state index < -0.39 is 0 Å². The minimum absolute atomic E-state index is 0.0584. The molecular formula is C24H25N5O3. The molecule has 0 aliphatic carbocycles. The Labute approximate surface area is 185 Å². The molecule has 0 saturated heterocycles. The highest BCUT2D eigenvalue weighted by molar-refractivity contribution is 6.09. The molecule has 1 aliphatic heterocycles. The number of nitrogens with zero attached hydrogens (tertiary/aromatic N) is 5. The normalized spacial score (nSPS) is 15.9. The van der Waals surface area contributed by atoms with Crippen LogP contribution >= 0.6 is 0 Å². The summed E-state index contributed by atoms with van der Waals surface area (Å²) in [6.45, 7) is 5.19. The molecule has 0 fully saturated rings. The first-order valence-corrected chi connectivity index (χ1v) is 10.7. The van der Waals surface area contributed by atoms with Crippen LogP contribution in [0.2, 0.25) is 0 Å². The van der Waals surface area contributed by atoms with E-state index in [0.717, 1.165) is 22.2 Å². The van der Waals surface area contributed by atoms with Gasteiger partial charge in [-0.25, -0.2) is 9.78 Å². The molecule has 1 aromatic carbocycles. The SMILES string of the molecule is CCOC(=O)c1c2n(c3cc(-c4cccnc4)c(O)c(Cn4ccnc4)c13)C(C)N(C)C2. The molecule has 0 bridgehead atoms. The second kappa shape index (κ2) is 7.80. The van der Waals surface area contributed by atoms with Crippen molar-refractivity contribution in [2.24, 2.45) is 0 Å². The number of phenols is 1. The highest BCUT2D eigenvalue weighted by atomic mass is 16.5. The molecule has 1 aliphatic rings. The summed E-state index contributed by atoms with van der Waals surface area (Å²) in [5.74, 6) is -0.232. The van der Waals surface area contributed by atoms with Gasteiger partial charge >= 0.3 is 5.97 Å². The van der Waals surface area contributed by atoms with Crippen molar-refractivity contribution in [1.82, 2.24) is 24.0 Å². The number of phenolic OH excluding ortho intramolecular Hbond substituents is 1. The maximum absolute atomic E-state index is 13.1. The van der Waals surface area contributed by atoms with Crippen LogP contribution in [0.3, 0.4) is 0 Å². The van der Waals surface area contributed by atoms with Gasteiger partial charge in [0.05, 0.1) is 36.7 Å². The van der Waals surface area contributed by atoms with E-state index >= 15 is 0 Å². The first-order chi connectivity index (χ1) is 15.5. The minimum Gasteiger partial charge on any atom is -0.507 e. The van der Waals surface area contributed by atoms with Gasteiger partial charge in [0.25, 0.3) is 0 Å². The molecule has 0 spiro atoms. The fourth-order valence-corrected chi connectivity index (χ4v) is 4.62. The van der Waals surface area contributed by atoms with Crippen LogP contribution < -0.4 is 0 Å². The van der Waals surface area contributed by atoms with Gasteiger partial charge in [0.2, 0.25) is 0 Å². The average molecular weight is 431 g/mol. The molecule has 164 valence electrons. The Morgan fingerprint density at radius 2 is 2.16 bits per heavy atom. The molecule has 1 atom stereocenters. The molecule has 4 aromatic rings. The number of ether oxygens (including phenoxy) is 1. The van der Waals surface area contributed by atoms with E-state index in [1.807, 2.05) is 36.0 Å². The molecule has 32 heavy (non-hydrogen) atoms. The lowest BCUT2D eigenvalue weighted by Crippen LogP contribution is -2.17. The van der Waals surface area contributed by atoms with Gasteiger partial charge in [-0.3, -0.25) is 9.88 Å². The second-order valence-electron chi connectivity index (χ2n) is 8.08. The number of fused-ring (bicyclic) bond motifs is 3. The Bertz CT molecular complexity index is 1290. The van der Waals surface area contributed by atoms with Gasteiger partial charge in [-0.1, -0.05) is 6.07 Å². The molecule has 1 N–H and O–H groups in total. The lowest BCUT2D eigenvalue weighted by molar-refractivity contribution is 0.0527. The van der Waals surface area contributed by atoms with Crippen LogP contribution in [0.15, 0.2) is 49.3 Å². The zero-order valence-corrected chi connectivity index (χ0v) is 18.3. The molecule has 4 heterocycles. The number of esters is 1. The van der Waals surface area contributed by atoms with Crippen molar-refractivity contribution in [2.75, 3.05) is 13.7 Å². The van der Waals surface area contributed by atoms with Crippen LogP contribution in [-0.4, -0.2) is 48.7 Å². The summed E-state index contributed by atoms with van der Waals surface area (Å²) in [5.41, 5.74) is 4.49. The number of hydrogen-bond donors (Lipinski definition) is 1. The van der Waals surface area contributed by atoms with E-state index in [4.69, 9.17) is 4.74 Å². The van der Waals surface area contributed by atoms with E-state index in [1.165, 1.54) is 0 Å². The highest BCUT2D eigenvalue weighted by Crippen LogP contribution is 2.45. The van der Waals surface area contributed by atoms with Crippen molar-refractivity contribution in [3.63, 3.8) is 0 Å². The maximum Gasteiger partial charge on any atom is 0.340 e. The molecule has 0 amide bonds. The predicted octanol–water partition coefficient (Wildman–Crippen LogP) is 3.79. The summed E-state index contributed by atoms with van der Waals surface area (Å²) in [4.78, 5) is 23.7. The van der Waals surface area contributed by atoms with Crippen LogP contribution in [0, 0.1) is 0 Å². The predicted molar refractivity (Wildman–Crippen MR) is 120 cm³/mol. The Balaban J connectivity index is 1.87. The third-order valence-electron chi connectivity index (χ3n) is 6.23. The minimum atomic E-state index is -0.367. The van der Waals surface area contributed by atoms with Crippen molar-refractivity contribution < 1.29 is 14.6 Å². The van der Waals surface area contributed by atoms with Gasteiger partial charge in [0, 0.05) is 59.1 Å². The largest absolute Gasteiger partial charge is 0.507 e. The topological polar surface area (TPSA) is 85.4 Å². The quantitative estimate of drug-likeness (QED) is 0.484. The number of hydrogen-bond acceptors (Lipinski definition) is 6. The summed E-state index contributed by atoms with van der Waals surface area (Å²) in [6, 6.07) is 5.73. The Morgan fingerprint density at radius 3 is 2.84 bits per heavy atom. The summed E-state index contributed by atoms with van der Waals surface area (Å²) in [6.07, 6.45) is 8.73. The summed E-state index contributed by atoms with van der Waals surface area (Å²) in [5, 5.41) is 12.2. The molecule has 0 radical (unpaired) electrons. The fourth-order valence-electron chi connectivity index (χ4n) is 4.62. The van der Waals surface area contributed by atoms with E-state index in [-0.39, 0.29) is 24.5 Å². The van der Waals surface area contributed by atoms with Gasteiger partial charge in [-0.05, 0) is 33.0 Å². The third kappa shape index (κ3) is 3.06. The first-order valence-electron chi connectivity index (χ1n) is 10.7. The first kappa shape index (κ1) is 20.3. The number of imidazole rings is 1. The van der Waals surface area contributed by atoms with Crippen LogP contribution in [-0.2, 0) is 17.8 Å². The molecule has 1 unspecified atom stereocenters. The standard InChI is InChI=1S/C24H25N5O3/c1-4-32-24(31)22-20-13-27(3)15(2)29(20)19-10-17(16-6-5-7-25-11-16)23(30)18(21(19)22)12-28-9-8-26-14-28/h5-11,14-15,30H,4,12-13H2,1-3H3. The number of aromatic nitrogens is 4. The molecular weight excluding hydrogens is 406 g/mol. The van der Waals surface area contributed by atoms with Crippen LogP contribution in [0.5, 0.6) is 5.75 Å². The van der Waals surface area contributed by atoms with Gasteiger partial charge < -0.3 is 19.0 Å². The van der Waals surface area contributed by atoms with Gasteiger partial charge in [-0.15, -0.1) is 0 Å². The number of aromatic hydroxyl groups is 1. The van der Waals surface area contributed by atoms with Gasteiger partial charge in [0.15, 0.2) is 0 Å². The molecule has 0 saturated carbocycles. The lowest BCUT2D eigenvalue weighted by Gasteiger charge is -2.19. The lowest BCUT2D eigenvalue weighted by atomic mass is 9.96. The van der Waals surface area contributed by atoms with Crippen molar-refractivity contribution >= 4 is 16.9 Å². The maximum atomic E-state index is 13.1. The van der Waals surface area contributed by atoms with Crippen LogP contribution in [0.1, 0.15) is 41.6 Å². The van der Waals surface area contributed by atoms with Crippen LogP contribution in [0.4, 0.5) is 0 Å². The monoisotopic (exact) mass is 431 g/mol. The Kier molecular flexibility index (Phi) is 4.94. The molecule has 8 heteroatoms. The van der Waals surface area contributed by atoms with Crippen molar-refractivity contribution in [3.05, 3.63) is 66.1 Å². The van der Waals surface area contributed by atoms with E-state index in [0.29, 0.717) is 29.8 Å². The van der Waals surface area contributed by atoms with Crippen molar-refractivity contribution in [1.29, 1.82) is 0 Å². The van der Waals surface area contributed by atoms with E-state index in [9.17, 15) is 9.90 Å². The molecule has 3 aromatic heterocycles. The third-order valence-corrected chi connectivity index (χ3v) is 6.23. The molecule has 8 nitrogen and oxygen atoms in total. The zero-order chi connectivity index (χ0) is 22.4. The fraction of sp³-hybridized carbons (Fsp3) is 0.292. The molecule has 5 rings (SSSR count). The Morgan fingerprint density at radius 1 is 1.31 bits per heavy atom. The summed E-state index contributed by atoms with van der Waals surface area (Å²) < 4.78 is 9.52. The second-order valence-corrected chi connectivity index (χ2v) is 8.08. The number of carbonyl (C=O) groups is 1. The smallest absolute Gasteiger partial charge is 0.340 e. The van der Waals surface area contributed by atoms with Crippen LogP contribution in [0.25, 0.3) is 22.0 Å². The van der Waals surface area contributed by atoms with E-state index in [2.05, 4.69) is 26.4 Å². The summed E-state index contributed by atoms with van der Waals surface area (Å²) >= 11 is 0. The van der Waals surface area contributed by atoms with Gasteiger partial charge in [0.1, 0.15) is 5.75 Å².